The van der Waals surface area contributed by atoms with Gasteiger partial charge in [-0.15, -0.1) is 0 Å². The molecule has 0 aliphatic rings. The van der Waals surface area contributed by atoms with Crippen LogP contribution in [0.3, 0.4) is 0 Å². The molecule has 1 amide bonds. The fraction of sp³-hybridized carbons (Fsp3) is 0.217. The van der Waals surface area contributed by atoms with E-state index in [0.29, 0.717) is 48.4 Å². The second-order valence-electron chi connectivity index (χ2n) is 7.16. The summed E-state index contributed by atoms with van der Waals surface area (Å²) in [6.45, 7) is 1.12. The van der Waals surface area contributed by atoms with Crippen molar-refractivity contribution in [3.8, 4) is 11.5 Å². The zero-order chi connectivity index (χ0) is 21.5. The Labute approximate surface area is 185 Å². The second-order valence-corrected chi connectivity index (χ2v) is 7.60. The van der Waals surface area contributed by atoms with Gasteiger partial charge in [-0.2, -0.15) is 4.98 Å². The van der Waals surface area contributed by atoms with Gasteiger partial charge in [0.05, 0.1) is 0 Å². The predicted molar refractivity (Wildman–Crippen MR) is 117 cm³/mol. The van der Waals surface area contributed by atoms with Gasteiger partial charge in [0.1, 0.15) is 5.69 Å². The summed E-state index contributed by atoms with van der Waals surface area (Å²) in [4.78, 5) is 21.2. The lowest BCUT2D eigenvalue weighted by atomic mass is 9.95. The molecule has 1 aromatic carbocycles. The number of carbonyl (C=O) groups excluding carboxylic acids is 1. The lowest BCUT2D eigenvalue weighted by Gasteiger charge is -2.18. The molecule has 1 atom stereocenters. The van der Waals surface area contributed by atoms with Crippen LogP contribution in [0.1, 0.15) is 23.8 Å². The van der Waals surface area contributed by atoms with Crippen molar-refractivity contribution in [3.63, 3.8) is 0 Å². The Bertz CT molecular complexity index is 1090. The van der Waals surface area contributed by atoms with Crippen molar-refractivity contribution in [2.24, 2.45) is 0 Å². The molecule has 7 nitrogen and oxygen atoms in total. The van der Waals surface area contributed by atoms with Gasteiger partial charge in [0.25, 0.3) is 0 Å². The van der Waals surface area contributed by atoms with Gasteiger partial charge in [0.2, 0.25) is 17.6 Å². The zero-order valence-corrected chi connectivity index (χ0v) is 17.6. The number of hydrogen-bond donors (Lipinski definition) is 1. The minimum atomic E-state index is -0.0310. The lowest BCUT2D eigenvalue weighted by molar-refractivity contribution is -0.121. The average molecular weight is 436 g/mol. The van der Waals surface area contributed by atoms with Crippen molar-refractivity contribution in [2.75, 3.05) is 6.54 Å². The molecule has 0 aliphatic heterocycles. The maximum Gasteiger partial charge on any atom is 0.228 e. The van der Waals surface area contributed by atoms with Gasteiger partial charge in [0, 0.05) is 55.5 Å². The fourth-order valence-electron chi connectivity index (χ4n) is 3.33. The van der Waals surface area contributed by atoms with Crippen LogP contribution in [0.2, 0.25) is 5.02 Å². The quantitative estimate of drug-likeness (QED) is 0.427. The van der Waals surface area contributed by atoms with E-state index in [1.165, 1.54) is 0 Å². The largest absolute Gasteiger partial charge is 0.356 e. The number of carbonyl (C=O) groups is 1. The first-order chi connectivity index (χ1) is 15.2. The van der Waals surface area contributed by atoms with Gasteiger partial charge in [-0.1, -0.05) is 35.0 Å². The van der Waals surface area contributed by atoms with E-state index in [0.717, 1.165) is 5.56 Å². The molecule has 0 aliphatic carbocycles. The van der Waals surface area contributed by atoms with Gasteiger partial charge in [-0.05, 0) is 42.0 Å². The third kappa shape index (κ3) is 5.79. The van der Waals surface area contributed by atoms with Crippen molar-refractivity contribution >= 4 is 17.5 Å². The number of nitrogens with one attached hydrogen (secondary N) is 1. The Balaban J connectivity index is 1.32. The van der Waals surface area contributed by atoms with E-state index in [2.05, 4.69) is 25.0 Å². The Hall–Kier alpha value is -3.45. The van der Waals surface area contributed by atoms with Crippen molar-refractivity contribution < 1.29 is 9.32 Å². The number of hydrogen-bond acceptors (Lipinski definition) is 5. The number of pyridine rings is 1. The van der Waals surface area contributed by atoms with Crippen LogP contribution in [0.5, 0.6) is 0 Å². The molecule has 3 heterocycles. The summed E-state index contributed by atoms with van der Waals surface area (Å²) in [5.41, 5.74) is 1.72. The molecule has 8 heteroatoms. The standard InChI is InChI=1S/C23H22ClN5O2/c24-19-8-6-17(7-9-19)18(16-29-13-3-4-14-29)15-21(30)26-12-10-22-27-23(28-31-22)20-5-1-2-11-25-20/h1-9,11,13-14,18H,10,12,15-16H2,(H,26,30)/t18-/m1/s1. The van der Waals surface area contributed by atoms with Crippen LogP contribution in [0.4, 0.5) is 0 Å². The number of rotatable bonds is 9. The molecule has 31 heavy (non-hydrogen) atoms. The lowest BCUT2D eigenvalue weighted by Crippen LogP contribution is -2.28. The van der Waals surface area contributed by atoms with E-state index in [1.54, 1.807) is 6.20 Å². The molecular weight excluding hydrogens is 414 g/mol. The van der Waals surface area contributed by atoms with Crippen LogP contribution < -0.4 is 5.32 Å². The van der Waals surface area contributed by atoms with Crippen molar-refractivity contribution in [2.45, 2.75) is 25.3 Å². The van der Waals surface area contributed by atoms with E-state index in [9.17, 15) is 4.79 Å². The third-order valence-electron chi connectivity index (χ3n) is 4.89. The summed E-state index contributed by atoms with van der Waals surface area (Å²) < 4.78 is 7.34. The highest BCUT2D eigenvalue weighted by Gasteiger charge is 2.17. The Morgan fingerprint density at radius 3 is 2.65 bits per heavy atom. The minimum Gasteiger partial charge on any atom is -0.356 e. The summed E-state index contributed by atoms with van der Waals surface area (Å²) >= 11 is 6.02. The Morgan fingerprint density at radius 1 is 1.10 bits per heavy atom. The highest BCUT2D eigenvalue weighted by molar-refractivity contribution is 6.30. The summed E-state index contributed by atoms with van der Waals surface area (Å²) in [5, 5.41) is 7.58. The van der Waals surface area contributed by atoms with E-state index >= 15 is 0 Å². The van der Waals surface area contributed by atoms with Crippen LogP contribution in [-0.2, 0) is 17.8 Å². The highest BCUT2D eigenvalue weighted by Crippen LogP contribution is 2.24. The van der Waals surface area contributed by atoms with Crippen LogP contribution >= 0.6 is 11.6 Å². The Morgan fingerprint density at radius 2 is 1.90 bits per heavy atom. The van der Waals surface area contributed by atoms with E-state index < -0.39 is 0 Å². The maximum absolute atomic E-state index is 12.6. The molecular formula is C23H22ClN5O2. The molecule has 0 fully saturated rings. The highest BCUT2D eigenvalue weighted by atomic mass is 35.5. The zero-order valence-electron chi connectivity index (χ0n) is 16.8. The van der Waals surface area contributed by atoms with Gasteiger partial charge < -0.3 is 14.4 Å². The maximum atomic E-state index is 12.6. The first kappa shape index (κ1) is 20.8. The molecule has 4 rings (SSSR count). The summed E-state index contributed by atoms with van der Waals surface area (Å²) in [5.74, 6) is 0.902. The number of nitrogens with zero attached hydrogens (tertiary/aromatic N) is 4. The van der Waals surface area contributed by atoms with Crippen LogP contribution in [0.25, 0.3) is 11.5 Å². The smallest absolute Gasteiger partial charge is 0.228 e. The minimum absolute atomic E-state index is 0.0310. The van der Waals surface area contributed by atoms with Crippen molar-refractivity contribution in [1.29, 1.82) is 0 Å². The molecule has 0 spiro atoms. The normalized spacial score (nSPS) is 11.9. The Kier molecular flexibility index (Phi) is 6.74. The first-order valence-corrected chi connectivity index (χ1v) is 10.4. The predicted octanol–water partition coefficient (Wildman–Crippen LogP) is 4.12. The molecule has 0 unspecified atom stereocenters. The molecule has 0 saturated heterocycles. The molecule has 4 aromatic rings. The molecule has 0 radical (unpaired) electrons. The third-order valence-corrected chi connectivity index (χ3v) is 5.15. The molecule has 0 saturated carbocycles. The fourth-order valence-corrected chi connectivity index (χ4v) is 3.46. The van der Waals surface area contributed by atoms with Gasteiger partial charge in [0.15, 0.2) is 0 Å². The van der Waals surface area contributed by atoms with Gasteiger partial charge in [-0.3, -0.25) is 9.78 Å². The number of benzene rings is 1. The number of aromatic nitrogens is 4. The topological polar surface area (TPSA) is 85.8 Å². The number of halogens is 1. The van der Waals surface area contributed by atoms with Crippen molar-refractivity contribution in [3.05, 3.63) is 89.7 Å². The average Bonchev–Trinajstić information content (AvgIpc) is 3.47. The van der Waals surface area contributed by atoms with Crippen LogP contribution in [0, 0.1) is 0 Å². The van der Waals surface area contributed by atoms with E-state index in [4.69, 9.17) is 16.1 Å². The molecule has 1 N–H and O–H groups in total. The first-order valence-electron chi connectivity index (χ1n) is 10.0. The van der Waals surface area contributed by atoms with Crippen LogP contribution in [-0.4, -0.2) is 32.1 Å². The summed E-state index contributed by atoms with van der Waals surface area (Å²) in [6, 6.07) is 17.1. The van der Waals surface area contributed by atoms with Crippen molar-refractivity contribution in [1.82, 2.24) is 25.0 Å². The van der Waals surface area contributed by atoms with Gasteiger partial charge in [-0.25, -0.2) is 0 Å². The monoisotopic (exact) mass is 435 g/mol. The molecule has 0 bridgehead atoms. The van der Waals surface area contributed by atoms with Gasteiger partial charge >= 0.3 is 0 Å². The summed E-state index contributed by atoms with van der Waals surface area (Å²) in [7, 11) is 0. The SMILES string of the molecule is O=C(C[C@H](Cn1cccc1)c1ccc(Cl)cc1)NCCc1nc(-c2ccccn2)no1. The van der Waals surface area contributed by atoms with E-state index in [-0.39, 0.29) is 11.8 Å². The molecule has 3 aromatic heterocycles. The summed E-state index contributed by atoms with van der Waals surface area (Å²) in [6.07, 6.45) is 6.49. The second kappa shape index (κ2) is 10.0. The molecule has 158 valence electrons. The number of amides is 1. The van der Waals surface area contributed by atoms with Crippen LogP contribution in [0.15, 0.2) is 77.7 Å². The van der Waals surface area contributed by atoms with E-state index in [1.807, 2.05) is 67.0 Å².